The van der Waals surface area contributed by atoms with Crippen molar-refractivity contribution in [1.82, 2.24) is 14.8 Å². The maximum atomic E-state index is 12.3. The molecule has 0 amide bonds. The third kappa shape index (κ3) is 3.01. The van der Waals surface area contributed by atoms with Gasteiger partial charge in [-0.1, -0.05) is 42.5 Å². The lowest BCUT2D eigenvalue weighted by molar-refractivity contribution is -0.139. The number of hydrogen-bond donors (Lipinski definition) is 1. The van der Waals surface area contributed by atoms with E-state index in [0.29, 0.717) is 18.1 Å². The lowest BCUT2D eigenvalue weighted by atomic mass is 10.0. The molecule has 3 rings (SSSR count). The predicted octanol–water partition coefficient (Wildman–Crippen LogP) is 2.80. The highest BCUT2D eigenvalue weighted by atomic mass is 16.5. The van der Waals surface area contributed by atoms with Crippen LogP contribution in [0.2, 0.25) is 0 Å². The Kier molecular flexibility index (Phi) is 4.23. The van der Waals surface area contributed by atoms with Crippen LogP contribution in [0.1, 0.15) is 25.5 Å². The highest BCUT2D eigenvalue weighted by Gasteiger charge is 2.31. The van der Waals surface area contributed by atoms with E-state index in [2.05, 4.69) is 15.4 Å². The molecule has 23 heavy (non-hydrogen) atoms. The number of hydrogen-bond acceptors (Lipinski definition) is 5. The van der Waals surface area contributed by atoms with Gasteiger partial charge in [-0.25, -0.2) is 9.48 Å². The van der Waals surface area contributed by atoms with Crippen molar-refractivity contribution in [2.45, 2.75) is 19.9 Å². The van der Waals surface area contributed by atoms with Crippen molar-refractivity contribution in [2.75, 3.05) is 11.9 Å². The van der Waals surface area contributed by atoms with Gasteiger partial charge in [0.15, 0.2) is 0 Å². The van der Waals surface area contributed by atoms with Gasteiger partial charge >= 0.3 is 5.97 Å². The van der Waals surface area contributed by atoms with Crippen LogP contribution in [0.15, 0.2) is 54.0 Å². The minimum Gasteiger partial charge on any atom is -0.463 e. The number of ether oxygens (including phenoxy) is 1. The number of esters is 1. The maximum absolute atomic E-state index is 12.3. The lowest BCUT2D eigenvalue weighted by Gasteiger charge is -2.25. The van der Waals surface area contributed by atoms with Crippen molar-refractivity contribution in [1.29, 1.82) is 0 Å². The van der Waals surface area contributed by atoms with E-state index in [1.807, 2.05) is 49.4 Å². The quantitative estimate of drug-likeness (QED) is 0.879. The summed E-state index contributed by atoms with van der Waals surface area (Å²) in [6.07, 6.45) is 5.37. The van der Waals surface area contributed by atoms with Gasteiger partial charge in [0.25, 0.3) is 0 Å². The molecule has 2 heterocycles. The van der Waals surface area contributed by atoms with E-state index in [1.54, 1.807) is 11.6 Å². The Morgan fingerprint density at radius 3 is 2.91 bits per heavy atom. The topological polar surface area (TPSA) is 69.0 Å². The van der Waals surface area contributed by atoms with Gasteiger partial charge in [0, 0.05) is 5.70 Å². The summed E-state index contributed by atoms with van der Waals surface area (Å²) >= 11 is 0. The molecule has 6 heteroatoms. The molecule has 0 unspecified atom stereocenters. The van der Waals surface area contributed by atoms with Gasteiger partial charge < -0.3 is 10.1 Å². The number of nitrogens with one attached hydrogen (secondary N) is 1. The Labute approximate surface area is 134 Å². The standard InChI is InChI=1S/C17H18N4O2/c1-3-23-16(22)15-12(2)20-17-18-11-19-21(17)14(15)10-9-13-7-5-4-6-8-13/h4-11,14H,3H2,1-2H3,(H,18,19,20)/b10-9+/t14-/m1/s1. The normalized spacial score (nSPS) is 17.0. The number of carbonyl (C=O) groups excluding carboxylic acids is 1. The molecule has 1 N–H and O–H groups in total. The second-order valence-electron chi connectivity index (χ2n) is 5.13. The van der Waals surface area contributed by atoms with E-state index in [0.717, 1.165) is 11.3 Å². The largest absolute Gasteiger partial charge is 0.463 e. The van der Waals surface area contributed by atoms with E-state index in [9.17, 15) is 4.79 Å². The molecular weight excluding hydrogens is 292 g/mol. The Balaban J connectivity index is 1.99. The van der Waals surface area contributed by atoms with Crippen LogP contribution in [0.4, 0.5) is 5.95 Å². The van der Waals surface area contributed by atoms with Crippen LogP contribution in [0, 0.1) is 0 Å². The summed E-state index contributed by atoms with van der Waals surface area (Å²) < 4.78 is 6.87. The summed E-state index contributed by atoms with van der Waals surface area (Å²) in [5.74, 6) is 0.264. The molecule has 1 aromatic carbocycles. The number of nitrogens with zero attached hydrogens (tertiary/aromatic N) is 3. The third-order valence-electron chi connectivity index (χ3n) is 3.60. The van der Waals surface area contributed by atoms with Crippen molar-refractivity contribution in [3.8, 4) is 0 Å². The van der Waals surface area contributed by atoms with Gasteiger partial charge in [-0.3, -0.25) is 0 Å². The Bertz CT molecular complexity index is 762. The number of carbonyl (C=O) groups is 1. The molecule has 0 radical (unpaired) electrons. The smallest absolute Gasteiger partial charge is 0.338 e. The van der Waals surface area contributed by atoms with E-state index in [-0.39, 0.29) is 12.0 Å². The second kappa shape index (κ2) is 6.48. The van der Waals surface area contributed by atoms with E-state index in [4.69, 9.17) is 4.74 Å². The molecular formula is C17H18N4O2. The van der Waals surface area contributed by atoms with Crippen molar-refractivity contribution in [2.24, 2.45) is 0 Å². The SMILES string of the molecule is CCOC(=O)C1=C(C)Nc2ncnn2[C@@H]1/C=C/c1ccccc1. The van der Waals surface area contributed by atoms with E-state index in [1.165, 1.54) is 6.33 Å². The maximum Gasteiger partial charge on any atom is 0.338 e. The molecule has 1 aromatic heterocycles. The van der Waals surface area contributed by atoms with E-state index < -0.39 is 0 Å². The predicted molar refractivity (Wildman–Crippen MR) is 87.5 cm³/mol. The molecule has 0 fully saturated rings. The van der Waals surface area contributed by atoms with Crippen LogP contribution in [0.3, 0.4) is 0 Å². The van der Waals surface area contributed by atoms with E-state index >= 15 is 0 Å². The number of aromatic nitrogens is 3. The molecule has 2 aromatic rings. The van der Waals surface area contributed by atoms with Crippen molar-refractivity contribution in [3.63, 3.8) is 0 Å². The zero-order valence-electron chi connectivity index (χ0n) is 13.1. The fourth-order valence-corrected chi connectivity index (χ4v) is 2.55. The number of rotatable bonds is 4. The van der Waals surface area contributed by atoms with Crippen LogP contribution >= 0.6 is 0 Å². The molecule has 0 bridgehead atoms. The monoisotopic (exact) mass is 310 g/mol. The van der Waals surface area contributed by atoms with Gasteiger partial charge in [0.2, 0.25) is 5.95 Å². The van der Waals surface area contributed by atoms with Gasteiger partial charge in [-0.15, -0.1) is 0 Å². The zero-order chi connectivity index (χ0) is 16.2. The first-order valence-corrected chi connectivity index (χ1v) is 7.48. The summed E-state index contributed by atoms with van der Waals surface area (Å²) in [4.78, 5) is 16.5. The van der Waals surface area contributed by atoms with Crippen molar-refractivity contribution >= 4 is 18.0 Å². The Morgan fingerprint density at radius 1 is 1.39 bits per heavy atom. The molecule has 0 aliphatic carbocycles. The summed E-state index contributed by atoms with van der Waals surface area (Å²) in [5.41, 5.74) is 2.32. The average Bonchev–Trinajstić information content (AvgIpc) is 3.01. The third-order valence-corrected chi connectivity index (χ3v) is 3.60. The number of anilines is 1. The zero-order valence-corrected chi connectivity index (χ0v) is 13.1. The summed E-state index contributed by atoms with van der Waals surface area (Å²) in [6.45, 7) is 3.96. The summed E-state index contributed by atoms with van der Waals surface area (Å²) in [7, 11) is 0. The minimum absolute atomic E-state index is 0.328. The van der Waals surface area contributed by atoms with Crippen LogP contribution in [-0.2, 0) is 9.53 Å². The minimum atomic E-state index is -0.354. The molecule has 1 aliphatic heterocycles. The molecule has 0 saturated heterocycles. The number of benzene rings is 1. The van der Waals surface area contributed by atoms with Crippen LogP contribution < -0.4 is 5.32 Å². The van der Waals surface area contributed by atoms with Crippen LogP contribution in [0.5, 0.6) is 0 Å². The molecule has 6 nitrogen and oxygen atoms in total. The Morgan fingerprint density at radius 2 is 2.17 bits per heavy atom. The first kappa shape index (κ1) is 15.0. The highest BCUT2D eigenvalue weighted by Crippen LogP contribution is 2.31. The molecule has 1 atom stereocenters. The lowest BCUT2D eigenvalue weighted by Crippen LogP contribution is -2.27. The first-order chi connectivity index (χ1) is 11.2. The van der Waals surface area contributed by atoms with Gasteiger partial charge in [0.1, 0.15) is 12.4 Å². The Hall–Kier alpha value is -2.89. The summed E-state index contributed by atoms with van der Waals surface area (Å²) in [6, 6.07) is 9.55. The van der Waals surface area contributed by atoms with Crippen molar-refractivity contribution < 1.29 is 9.53 Å². The molecule has 0 saturated carbocycles. The average molecular weight is 310 g/mol. The highest BCUT2D eigenvalue weighted by molar-refractivity contribution is 5.92. The molecule has 118 valence electrons. The number of fused-ring (bicyclic) bond motifs is 1. The fraction of sp³-hybridized carbons (Fsp3) is 0.235. The van der Waals surface area contributed by atoms with Crippen LogP contribution in [0.25, 0.3) is 6.08 Å². The molecule has 1 aliphatic rings. The number of allylic oxidation sites excluding steroid dienone is 2. The summed E-state index contributed by atoms with van der Waals surface area (Å²) in [5, 5.41) is 7.32. The van der Waals surface area contributed by atoms with Gasteiger partial charge in [-0.2, -0.15) is 10.1 Å². The van der Waals surface area contributed by atoms with Gasteiger partial charge in [-0.05, 0) is 19.4 Å². The van der Waals surface area contributed by atoms with Crippen LogP contribution in [-0.4, -0.2) is 27.3 Å². The first-order valence-electron chi connectivity index (χ1n) is 7.48. The van der Waals surface area contributed by atoms with Gasteiger partial charge in [0.05, 0.1) is 12.2 Å². The second-order valence-corrected chi connectivity index (χ2v) is 5.13. The fourth-order valence-electron chi connectivity index (χ4n) is 2.55. The van der Waals surface area contributed by atoms with Crippen molar-refractivity contribution in [3.05, 3.63) is 59.6 Å². The molecule has 0 spiro atoms.